The Morgan fingerprint density at radius 2 is 0.793 bits per heavy atom. The molecule has 0 saturated heterocycles. The third-order valence-corrected chi connectivity index (χ3v) is 10.3. The van der Waals surface area contributed by atoms with Crippen LogP contribution in [0.3, 0.4) is 0 Å². The summed E-state index contributed by atoms with van der Waals surface area (Å²) in [7, 11) is 0. The van der Waals surface area contributed by atoms with E-state index in [0.29, 0.717) is 17.5 Å². The topological polar surface area (TPSA) is 51.6 Å². The van der Waals surface area contributed by atoms with Gasteiger partial charge in [0.2, 0.25) is 0 Å². The third kappa shape index (κ3) is 7.30. The SMILES string of the molecule is C=C/C=C(\C=C)c1nc(-c2ccccc2)nc(-c2ccc(-c3cccc4c(-c5ccc(-c6cc(-c7ccccc7)cc(-c7ccccc7)n6)cc5)cccc34)cc2)n1. The van der Waals surface area contributed by atoms with E-state index >= 15 is 0 Å². The largest absolute Gasteiger partial charge is 0.248 e. The van der Waals surface area contributed by atoms with E-state index in [-0.39, 0.29) is 0 Å². The smallest absolute Gasteiger partial charge is 0.164 e. The van der Waals surface area contributed by atoms with Crippen molar-refractivity contribution in [3.63, 3.8) is 0 Å². The van der Waals surface area contributed by atoms with Crippen LogP contribution in [0.2, 0.25) is 0 Å². The van der Waals surface area contributed by atoms with Gasteiger partial charge in [0.1, 0.15) is 0 Å². The Bertz CT molecular complexity index is 2880. The molecule has 0 fully saturated rings. The molecule has 0 aliphatic rings. The minimum Gasteiger partial charge on any atom is -0.248 e. The van der Waals surface area contributed by atoms with E-state index in [1.165, 1.54) is 16.3 Å². The maximum absolute atomic E-state index is 5.14. The zero-order valence-corrected chi connectivity index (χ0v) is 31.8. The molecule has 274 valence electrons. The fourth-order valence-corrected chi connectivity index (χ4v) is 7.38. The summed E-state index contributed by atoms with van der Waals surface area (Å²) in [6.07, 6.45) is 5.31. The Morgan fingerprint density at radius 1 is 0.362 bits per heavy atom. The number of pyridine rings is 1. The summed E-state index contributed by atoms with van der Waals surface area (Å²) in [6.45, 7) is 7.84. The molecule has 0 N–H and O–H groups in total. The number of fused-ring (bicyclic) bond motifs is 1. The van der Waals surface area contributed by atoms with Gasteiger partial charge in [-0.25, -0.2) is 19.9 Å². The van der Waals surface area contributed by atoms with Gasteiger partial charge in [0.05, 0.1) is 11.4 Å². The molecule has 4 nitrogen and oxygen atoms in total. The third-order valence-electron chi connectivity index (χ3n) is 10.3. The molecule has 9 aromatic rings. The normalized spacial score (nSPS) is 11.3. The summed E-state index contributed by atoms with van der Waals surface area (Å²) < 4.78 is 0. The van der Waals surface area contributed by atoms with Crippen molar-refractivity contribution in [2.75, 3.05) is 0 Å². The Balaban J connectivity index is 1.05. The molecule has 0 spiro atoms. The molecule has 0 bridgehead atoms. The Labute approximate surface area is 339 Å². The highest BCUT2D eigenvalue weighted by atomic mass is 15.0. The number of nitrogens with zero attached hydrogens (tertiary/aromatic N) is 4. The average molecular weight is 743 g/mol. The van der Waals surface area contributed by atoms with Crippen LogP contribution in [0.5, 0.6) is 0 Å². The number of rotatable bonds is 10. The average Bonchev–Trinajstić information content (AvgIpc) is 3.31. The summed E-state index contributed by atoms with van der Waals surface area (Å²) in [5.74, 6) is 1.74. The van der Waals surface area contributed by atoms with Gasteiger partial charge in [0.15, 0.2) is 17.5 Å². The van der Waals surface area contributed by atoms with Crippen LogP contribution in [-0.4, -0.2) is 19.9 Å². The summed E-state index contributed by atoms with van der Waals surface area (Å²) in [6, 6.07) is 65.5. The molecular weight excluding hydrogens is 705 g/mol. The van der Waals surface area contributed by atoms with E-state index in [1.54, 1.807) is 12.2 Å². The zero-order chi connectivity index (χ0) is 39.3. The number of allylic oxidation sites excluding steroid dienone is 4. The summed E-state index contributed by atoms with van der Waals surface area (Å²) in [5.41, 5.74) is 13.5. The van der Waals surface area contributed by atoms with Crippen LogP contribution in [0.25, 0.3) is 95.0 Å². The Morgan fingerprint density at radius 3 is 1.29 bits per heavy atom. The molecule has 0 atom stereocenters. The van der Waals surface area contributed by atoms with Crippen molar-refractivity contribution in [2.45, 2.75) is 0 Å². The lowest BCUT2D eigenvalue weighted by atomic mass is 9.92. The summed E-state index contributed by atoms with van der Waals surface area (Å²) in [5, 5.41) is 2.37. The van der Waals surface area contributed by atoms with Crippen molar-refractivity contribution in [1.82, 2.24) is 19.9 Å². The first kappa shape index (κ1) is 35.9. The summed E-state index contributed by atoms with van der Waals surface area (Å²) >= 11 is 0. The first-order valence-electron chi connectivity index (χ1n) is 19.3. The number of aromatic nitrogens is 4. The fourth-order valence-electron chi connectivity index (χ4n) is 7.38. The first-order chi connectivity index (χ1) is 28.6. The van der Waals surface area contributed by atoms with E-state index < -0.39 is 0 Å². The highest BCUT2D eigenvalue weighted by molar-refractivity contribution is 6.04. The second kappa shape index (κ2) is 16.1. The Hall–Kier alpha value is -7.82. The molecular formula is C54H38N4. The molecule has 58 heavy (non-hydrogen) atoms. The molecule has 2 aromatic heterocycles. The van der Waals surface area contributed by atoms with Gasteiger partial charge < -0.3 is 0 Å². The molecule has 0 aliphatic heterocycles. The lowest BCUT2D eigenvalue weighted by molar-refractivity contribution is 1.04. The van der Waals surface area contributed by atoms with Crippen molar-refractivity contribution in [2.24, 2.45) is 0 Å². The predicted octanol–water partition coefficient (Wildman–Crippen LogP) is 13.8. The van der Waals surface area contributed by atoms with Crippen LogP contribution in [-0.2, 0) is 0 Å². The van der Waals surface area contributed by atoms with Gasteiger partial charge in [0.25, 0.3) is 0 Å². The highest BCUT2D eigenvalue weighted by Crippen LogP contribution is 2.37. The number of hydrogen-bond acceptors (Lipinski definition) is 4. The van der Waals surface area contributed by atoms with Gasteiger partial charge in [-0.15, -0.1) is 0 Å². The van der Waals surface area contributed by atoms with Crippen molar-refractivity contribution >= 4 is 16.3 Å². The van der Waals surface area contributed by atoms with E-state index in [1.807, 2.05) is 48.5 Å². The molecule has 7 aromatic carbocycles. The van der Waals surface area contributed by atoms with Crippen molar-refractivity contribution in [3.8, 4) is 78.7 Å². The number of benzene rings is 7. The van der Waals surface area contributed by atoms with Gasteiger partial charge >= 0.3 is 0 Å². The lowest BCUT2D eigenvalue weighted by Gasteiger charge is -2.13. The molecule has 0 unspecified atom stereocenters. The van der Waals surface area contributed by atoms with Crippen LogP contribution in [0, 0.1) is 0 Å². The van der Waals surface area contributed by atoms with Crippen molar-refractivity contribution in [3.05, 3.63) is 225 Å². The quantitative estimate of drug-likeness (QED) is 0.131. The molecule has 0 saturated carbocycles. The second-order valence-electron chi connectivity index (χ2n) is 14.0. The van der Waals surface area contributed by atoms with Crippen LogP contribution in [0.15, 0.2) is 219 Å². The van der Waals surface area contributed by atoms with E-state index in [4.69, 9.17) is 19.9 Å². The van der Waals surface area contributed by atoms with Gasteiger partial charge in [-0.05, 0) is 56.3 Å². The molecule has 9 rings (SSSR count). The van der Waals surface area contributed by atoms with E-state index in [2.05, 4.69) is 159 Å². The molecule has 0 aliphatic carbocycles. The molecule has 4 heteroatoms. The van der Waals surface area contributed by atoms with Gasteiger partial charge in [0, 0.05) is 27.8 Å². The minimum atomic E-state index is 0.548. The standard InChI is InChI=1S/C54H38N4/c1-3-16-37(4-2)52-56-53(43-21-12-7-13-22-43)58-54(57-52)44-33-29-40(30-34-44)47-24-15-25-48-46(23-14-26-49(47)48)39-27-31-42(32-28-39)51-36-45(38-17-8-5-9-18-38)35-50(55-51)41-19-10-6-11-20-41/h3-36H,1-2H2/b37-16+. The molecule has 2 heterocycles. The second-order valence-corrected chi connectivity index (χ2v) is 14.0. The van der Waals surface area contributed by atoms with Crippen LogP contribution >= 0.6 is 0 Å². The molecule has 0 amide bonds. The number of hydrogen-bond donors (Lipinski definition) is 0. The monoisotopic (exact) mass is 742 g/mol. The van der Waals surface area contributed by atoms with Crippen molar-refractivity contribution in [1.29, 1.82) is 0 Å². The van der Waals surface area contributed by atoms with E-state index in [9.17, 15) is 0 Å². The van der Waals surface area contributed by atoms with Crippen LogP contribution < -0.4 is 0 Å². The highest BCUT2D eigenvalue weighted by Gasteiger charge is 2.15. The van der Waals surface area contributed by atoms with Crippen LogP contribution in [0.1, 0.15) is 5.82 Å². The van der Waals surface area contributed by atoms with E-state index in [0.717, 1.165) is 67.0 Å². The van der Waals surface area contributed by atoms with Gasteiger partial charge in [-0.1, -0.05) is 207 Å². The lowest BCUT2D eigenvalue weighted by Crippen LogP contribution is -2.02. The minimum absolute atomic E-state index is 0.548. The maximum atomic E-state index is 5.14. The predicted molar refractivity (Wildman–Crippen MR) is 242 cm³/mol. The molecule has 0 radical (unpaired) electrons. The van der Waals surface area contributed by atoms with Gasteiger partial charge in [-0.2, -0.15) is 0 Å². The maximum Gasteiger partial charge on any atom is 0.164 e. The fraction of sp³-hybridized carbons (Fsp3) is 0. The zero-order valence-electron chi connectivity index (χ0n) is 31.8. The van der Waals surface area contributed by atoms with Crippen molar-refractivity contribution < 1.29 is 0 Å². The summed E-state index contributed by atoms with van der Waals surface area (Å²) in [4.78, 5) is 19.7. The Kier molecular flexibility index (Phi) is 9.96. The van der Waals surface area contributed by atoms with Crippen LogP contribution in [0.4, 0.5) is 0 Å². The van der Waals surface area contributed by atoms with Gasteiger partial charge in [-0.3, -0.25) is 0 Å². The first-order valence-corrected chi connectivity index (χ1v) is 19.3.